The van der Waals surface area contributed by atoms with E-state index in [4.69, 9.17) is 11.6 Å². The molecule has 2 aromatic rings. The van der Waals surface area contributed by atoms with Gasteiger partial charge >= 0.3 is 0 Å². The van der Waals surface area contributed by atoms with Crippen molar-refractivity contribution in [1.29, 1.82) is 0 Å². The molecule has 0 bridgehead atoms. The van der Waals surface area contributed by atoms with Crippen molar-refractivity contribution >= 4 is 22.9 Å². The van der Waals surface area contributed by atoms with Gasteiger partial charge in [-0.15, -0.1) is 11.3 Å². The number of aromatic nitrogens is 1. The Morgan fingerprint density at radius 1 is 1.40 bits per heavy atom. The quantitative estimate of drug-likeness (QED) is 0.904. The van der Waals surface area contributed by atoms with E-state index >= 15 is 0 Å². The van der Waals surface area contributed by atoms with Gasteiger partial charge < -0.3 is 5.11 Å². The van der Waals surface area contributed by atoms with E-state index in [1.54, 1.807) is 12.1 Å². The second kappa shape index (κ2) is 5.80. The van der Waals surface area contributed by atoms with E-state index in [1.807, 2.05) is 5.38 Å². The summed E-state index contributed by atoms with van der Waals surface area (Å²) in [5.74, 6) is -0.400. The van der Waals surface area contributed by atoms with Crippen LogP contribution in [0.2, 0.25) is 5.02 Å². The van der Waals surface area contributed by atoms with E-state index in [0.717, 1.165) is 5.01 Å². The molecule has 5 heteroatoms. The molecule has 1 N–H and O–H groups in total. The fourth-order valence-corrected chi connectivity index (χ4v) is 2.90. The van der Waals surface area contributed by atoms with Gasteiger partial charge in [-0.1, -0.05) is 38.4 Å². The van der Waals surface area contributed by atoms with Gasteiger partial charge in [0.25, 0.3) is 0 Å². The lowest BCUT2D eigenvalue weighted by Crippen LogP contribution is -2.11. The van der Waals surface area contributed by atoms with E-state index < -0.39 is 11.9 Å². The summed E-state index contributed by atoms with van der Waals surface area (Å²) in [7, 11) is 0. The Bertz CT molecular complexity index is 606. The standard InChI is InChI=1S/C15H17ClFNOS/c1-15(2,3)14-18-12(8-20-14)13(19)6-9-4-5-10(16)7-11(9)17/h4-5,7-8,13,19H,6H2,1-3H3. The summed E-state index contributed by atoms with van der Waals surface area (Å²) in [5.41, 5.74) is 0.982. The number of hydrogen-bond acceptors (Lipinski definition) is 3. The molecule has 0 amide bonds. The number of benzene rings is 1. The highest BCUT2D eigenvalue weighted by molar-refractivity contribution is 7.09. The zero-order valence-electron chi connectivity index (χ0n) is 11.7. The van der Waals surface area contributed by atoms with Crippen LogP contribution in [-0.2, 0) is 11.8 Å². The molecule has 0 fully saturated rings. The molecule has 2 nitrogen and oxygen atoms in total. The summed E-state index contributed by atoms with van der Waals surface area (Å²) in [6, 6.07) is 4.47. The predicted octanol–water partition coefficient (Wildman–Crippen LogP) is 4.51. The Hall–Kier alpha value is -0.970. The van der Waals surface area contributed by atoms with E-state index in [1.165, 1.54) is 17.4 Å². The van der Waals surface area contributed by atoms with Gasteiger partial charge in [0, 0.05) is 22.2 Å². The van der Waals surface area contributed by atoms with Gasteiger partial charge in [0.05, 0.1) is 10.7 Å². The highest BCUT2D eigenvalue weighted by Gasteiger charge is 2.21. The third kappa shape index (κ3) is 3.57. The van der Waals surface area contributed by atoms with Crippen LogP contribution in [-0.4, -0.2) is 10.1 Å². The monoisotopic (exact) mass is 313 g/mol. The van der Waals surface area contributed by atoms with Gasteiger partial charge in [-0.3, -0.25) is 0 Å². The highest BCUT2D eigenvalue weighted by atomic mass is 35.5. The Kier molecular flexibility index (Phi) is 4.47. The van der Waals surface area contributed by atoms with E-state index in [9.17, 15) is 9.50 Å². The first-order valence-corrected chi connectivity index (χ1v) is 7.61. The minimum absolute atomic E-state index is 0.0475. The number of aliphatic hydroxyl groups excluding tert-OH is 1. The third-order valence-electron chi connectivity index (χ3n) is 2.93. The summed E-state index contributed by atoms with van der Waals surface area (Å²) in [6.07, 6.45) is -0.617. The zero-order valence-corrected chi connectivity index (χ0v) is 13.2. The number of rotatable bonds is 3. The highest BCUT2D eigenvalue weighted by Crippen LogP contribution is 2.29. The van der Waals surface area contributed by atoms with Crippen LogP contribution in [0.1, 0.15) is 43.1 Å². The second-order valence-corrected chi connectivity index (χ2v) is 7.08. The van der Waals surface area contributed by atoms with Gasteiger partial charge in [0.2, 0.25) is 0 Å². The molecule has 20 heavy (non-hydrogen) atoms. The molecule has 0 radical (unpaired) electrons. The zero-order chi connectivity index (χ0) is 14.9. The Balaban J connectivity index is 2.16. The number of hydrogen-bond donors (Lipinski definition) is 1. The molecular formula is C15H17ClFNOS. The van der Waals surface area contributed by atoms with Gasteiger partial charge in [0.15, 0.2) is 0 Å². The molecule has 108 valence electrons. The van der Waals surface area contributed by atoms with E-state index in [2.05, 4.69) is 25.8 Å². The summed E-state index contributed by atoms with van der Waals surface area (Å²) in [5, 5.41) is 13.3. The van der Waals surface area contributed by atoms with Crippen molar-refractivity contribution in [3.63, 3.8) is 0 Å². The summed E-state index contributed by atoms with van der Waals surface area (Å²) < 4.78 is 13.7. The van der Waals surface area contributed by atoms with Gasteiger partial charge in [0.1, 0.15) is 11.9 Å². The lowest BCUT2D eigenvalue weighted by Gasteiger charge is -2.14. The number of thiazole rings is 1. The molecule has 0 aliphatic rings. The van der Waals surface area contributed by atoms with Crippen LogP contribution in [0.4, 0.5) is 4.39 Å². The summed E-state index contributed by atoms with van der Waals surface area (Å²) in [6.45, 7) is 6.21. The van der Waals surface area contributed by atoms with Gasteiger partial charge in [-0.05, 0) is 17.7 Å². The van der Waals surface area contributed by atoms with E-state index in [0.29, 0.717) is 16.3 Å². The molecule has 1 atom stereocenters. The maximum atomic E-state index is 13.7. The molecule has 0 aliphatic carbocycles. The molecule has 0 saturated carbocycles. The van der Waals surface area contributed by atoms with Crippen LogP contribution in [0.15, 0.2) is 23.6 Å². The van der Waals surface area contributed by atoms with Crippen LogP contribution in [0.5, 0.6) is 0 Å². The maximum absolute atomic E-state index is 13.7. The maximum Gasteiger partial charge on any atom is 0.127 e. The van der Waals surface area contributed by atoms with Crippen molar-refractivity contribution in [2.45, 2.75) is 38.7 Å². The Labute approximate surface area is 127 Å². The molecule has 0 aliphatic heterocycles. The van der Waals surface area contributed by atoms with Crippen LogP contribution in [0, 0.1) is 5.82 Å². The third-order valence-corrected chi connectivity index (χ3v) is 4.45. The van der Waals surface area contributed by atoms with E-state index in [-0.39, 0.29) is 11.8 Å². The number of nitrogens with zero attached hydrogens (tertiary/aromatic N) is 1. The smallest absolute Gasteiger partial charge is 0.127 e. The topological polar surface area (TPSA) is 33.1 Å². The number of halogens is 2. The molecule has 1 aromatic carbocycles. The average Bonchev–Trinajstić information content (AvgIpc) is 2.82. The largest absolute Gasteiger partial charge is 0.386 e. The minimum Gasteiger partial charge on any atom is -0.386 e. The first kappa shape index (κ1) is 15.4. The minimum atomic E-state index is -0.807. The molecule has 0 saturated heterocycles. The van der Waals surface area contributed by atoms with Crippen molar-refractivity contribution in [3.8, 4) is 0 Å². The fraction of sp³-hybridized carbons (Fsp3) is 0.400. The van der Waals surface area contributed by atoms with Crippen molar-refractivity contribution in [3.05, 3.63) is 50.7 Å². The molecule has 2 rings (SSSR count). The summed E-state index contributed by atoms with van der Waals surface area (Å²) in [4.78, 5) is 4.44. The van der Waals surface area contributed by atoms with Crippen LogP contribution in [0.25, 0.3) is 0 Å². The first-order valence-electron chi connectivity index (χ1n) is 6.35. The number of aliphatic hydroxyl groups is 1. The van der Waals surface area contributed by atoms with Crippen molar-refractivity contribution in [2.24, 2.45) is 0 Å². The van der Waals surface area contributed by atoms with Gasteiger partial charge in [-0.25, -0.2) is 9.37 Å². The predicted molar refractivity (Wildman–Crippen MR) is 80.9 cm³/mol. The fourth-order valence-electron chi connectivity index (χ4n) is 1.78. The average molecular weight is 314 g/mol. The lowest BCUT2D eigenvalue weighted by molar-refractivity contribution is 0.172. The van der Waals surface area contributed by atoms with Crippen molar-refractivity contribution in [2.75, 3.05) is 0 Å². The lowest BCUT2D eigenvalue weighted by atomic mass is 9.98. The SMILES string of the molecule is CC(C)(C)c1nc(C(O)Cc2ccc(Cl)cc2F)cs1. The molecule has 1 heterocycles. The normalized spacial score (nSPS) is 13.5. The van der Waals surface area contributed by atoms with Crippen LogP contribution >= 0.6 is 22.9 Å². The molecule has 1 unspecified atom stereocenters. The molecular weight excluding hydrogens is 297 g/mol. The second-order valence-electron chi connectivity index (χ2n) is 5.78. The Morgan fingerprint density at radius 2 is 2.10 bits per heavy atom. The van der Waals surface area contributed by atoms with Crippen LogP contribution in [0.3, 0.4) is 0 Å². The summed E-state index contributed by atoms with van der Waals surface area (Å²) >= 11 is 7.23. The Morgan fingerprint density at radius 3 is 2.65 bits per heavy atom. The molecule has 0 spiro atoms. The van der Waals surface area contributed by atoms with Crippen molar-refractivity contribution in [1.82, 2.24) is 4.98 Å². The van der Waals surface area contributed by atoms with Gasteiger partial charge in [-0.2, -0.15) is 0 Å². The first-order chi connectivity index (χ1) is 9.27. The van der Waals surface area contributed by atoms with Crippen LogP contribution < -0.4 is 0 Å². The molecule has 1 aromatic heterocycles. The van der Waals surface area contributed by atoms with Crippen molar-refractivity contribution < 1.29 is 9.50 Å².